The van der Waals surface area contributed by atoms with Crippen molar-refractivity contribution in [2.75, 3.05) is 19.5 Å². The molecule has 18 heavy (non-hydrogen) atoms. The zero-order valence-corrected chi connectivity index (χ0v) is 12.2. The van der Waals surface area contributed by atoms with Crippen LogP contribution in [0.1, 0.15) is 39.5 Å². The maximum absolute atomic E-state index is 11.7. The molecule has 5 heteroatoms. The number of rotatable bonds is 8. The van der Waals surface area contributed by atoms with Gasteiger partial charge in [0, 0.05) is 5.75 Å². The fourth-order valence-electron chi connectivity index (χ4n) is 1.79. The maximum atomic E-state index is 11.7. The summed E-state index contributed by atoms with van der Waals surface area (Å²) in [6.45, 7) is 4.21. The Morgan fingerprint density at radius 2 is 2.00 bits per heavy atom. The molecule has 1 aliphatic carbocycles. The van der Waals surface area contributed by atoms with Crippen molar-refractivity contribution in [1.82, 2.24) is 0 Å². The van der Waals surface area contributed by atoms with E-state index in [-0.39, 0.29) is 22.6 Å². The Balaban J connectivity index is 2.38. The Hall–Kier alpha value is -0.710. The maximum Gasteiger partial charge on any atom is 0.319 e. The first-order valence-electron chi connectivity index (χ1n) is 6.42. The van der Waals surface area contributed by atoms with Crippen LogP contribution in [0.15, 0.2) is 0 Å². The first-order valence-corrected chi connectivity index (χ1v) is 7.47. The molecule has 0 heterocycles. The van der Waals surface area contributed by atoms with Crippen LogP contribution in [0, 0.1) is 5.41 Å². The standard InChI is InChI=1S/C13H22O4S/c1-4-10(12(15)17-5-2)18-9-13(6-7-13)8-11(14)16-3/h10H,4-9H2,1-3H3. The van der Waals surface area contributed by atoms with Crippen molar-refractivity contribution < 1.29 is 19.1 Å². The van der Waals surface area contributed by atoms with Gasteiger partial charge < -0.3 is 9.47 Å². The molecule has 0 aliphatic heterocycles. The number of carbonyl (C=O) groups is 2. The van der Waals surface area contributed by atoms with E-state index in [9.17, 15) is 9.59 Å². The summed E-state index contributed by atoms with van der Waals surface area (Å²) in [5, 5.41) is -0.111. The Labute approximate surface area is 113 Å². The van der Waals surface area contributed by atoms with Gasteiger partial charge in [0.05, 0.1) is 20.1 Å². The van der Waals surface area contributed by atoms with Crippen LogP contribution in [0.4, 0.5) is 0 Å². The molecule has 1 unspecified atom stereocenters. The van der Waals surface area contributed by atoms with Crippen LogP contribution < -0.4 is 0 Å². The second-order valence-corrected chi connectivity index (χ2v) is 5.90. The summed E-state index contributed by atoms with van der Waals surface area (Å²) < 4.78 is 9.74. The molecule has 0 radical (unpaired) electrons. The molecule has 0 N–H and O–H groups in total. The average molecular weight is 274 g/mol. The second-order valence-electron chi connectivity index (χ2n) is 4.71. The van der Waals surface area contributed by atoms with Gasteiger partial charge in [0.2, 0.25) is 0 Å². The number of esters is 2. The highest BCUT2D eigenvalue weighted by Gasteiger charge is 2.45. The predicted octanol–water partition coefficient (Wildman–Crippen LogP) is 2.40. The van der Waals surface area contributed by atoms with Crippen LogP contribution in [-0.4, -0.2) is 36.7 Å². The molecule has 1 fully saturated rings. The highest BCUT2D eigenvalue weighted by molar-refractivity contribution is 8.00. The van der Waals surface area contributed by atoms with Crippen molar-refractivity contribution >= 4 is 23.7 Å². The quantitative estimate of drug-likeness (QED) is 0.636. The van der Waals surface area contributed by atoms with Gasteiger partial charge in [-0.2, -0.15) is 0 Å². The Morgan fingerprint density at radius 1 is 1.33 bits per heavy atom. The Morgan fingerprint density at radius 3 is 2.44 bits per heavy atom. The first-order chi connectivity index (χ1) is 8.56. The van der Waals surface area contributed by atoms with Gasteiger partial charge in [-0.15, -0.1) is 11.8 Å². The summed E-state index contributed by atoms with van der Waals surface area (Å²) in [4.78, 5) is 23.0. The summed E-state index contributed by atoms with van der Waals surface area (Å²) in [6.07, 6.45) is 3.33. The molecule has 1 aliphatic rings. The van der Waals surface area contributed by atoms with Crippen molar-refractivity contribution in [3.05, 3.63) is 0 Å². The summed E-state index contributed by atoms with van der Waals surface area (Å²) in [5.41, 5.74) is 0.0671. The van der Waals surface area contributed by atoms with E-state index in [1.165, 1.54) is 7.11 Å². The van der Waals surface area contributed by atoms with Crippen LogP contribution in [0.5, 0.6) is 0 Å². The molecule has 4 nitrogen and oxygen atoms in total. The normalized spacial score (nSPS) is 17.9. The zero-order chi connectivity index (χ0) is 13.6. The average Bonchev–Trinajstić information content (AvgIpc) is 3.10. The van der Waals surface area contributed by atoms with Crippen molar-refractivity contribution in [3.8, 4) is 0 Å². The van der Waals surface area contributed by atoms with Crippen molar-refractivity contribution in [3.63, 3.8) is 0 Å². The van der Waals surface area contributed by atoms with Crippen LogP contribution >= 0.6 is 11.8 Å². The van der Waals surface area contributed by atoms with Gasteiger partial charge in [-0.05, 0) is 31.6 Å². The van der Waals surface area contributed by atoms with Crippen molar-refractivity contribution in [2.45, 2.75) is 44.8 Å². The van der Waals surface area contributed by atoms with E-state index in [2.05, 4.69) is 0 Å². The van der Waals surface area contributed by atoms with Gasteiger partial charge >= 0.3 is 11.9 Å². The number of hydrogen-bond acceptors (Lipinski definition) is 5. The zero-order valence-electron chi connectivity index (χ0n) is 11.4. The lowest BCUT2D eigenvalue weighted by atomic mass is 10.1. The fourth-order valence-corrected chi connectivity index (χ4v) is 3.18. The lowest BCUT2D eigenvalue weighted by Crippen LogP contribution is -2.22. The van der Waals surface area contributed by atoms with Crippen LogP contribution in [0.2, 0.25) is 0 Å². The minimum absolute atomic E-state index is 0.0671. The second kappa shape index (κ2) is 7.02. The SMILES string of the molecule is CCOC(=O)C(CC)SCC1(CC(=O)OC)CC1. The lowest BCUT2D eigenvalue weighted by Gasteiger charge is -2.17. The molecule has 0 saturated heterocycles. The molecule has 104 valence electrons. The van der Waals surface area contributed by atoms with Crippen LogP contribution in [0.3, 0.4) is 0 Å². The minimum Gasteiger partial charge on any atom is -0.469 e. The van der Waals surface area contributed by atoms with Gasteiger partial charge in [-0.25, -0.2) is 0 Å². The molecule has 0 spiro atoms. The Kier molecular flexibility index (Phi) is 5.99. The van der Waals surface area contributed by atoms with E-state index in [4.69, 9.17) is 9.47 Å². The molecule has 0 bridgehead atoms. The molecule has 0 aromatic rings. The fraction of sp³-hybridized carbons (Fsp3) is 0.846. The molecule has 0 aromatic carbocycles. The molecule has 0 amide bonds. The van der Waals surface area contributed by atoms with E-state index in [1.54, 1.807) is 11.8 Å². The third-order valence-electron chi connectivity index (χ3n) is 3.22. The number of hydrogen-bond donors (Lipinski definition) is 0. The number of thioether (sulfide) groups is 1. The van der Waals surface area contributed by atoms with Crippen molar-refractivity contribution in [1.29, 1.82) is 0 Å². The van der Waals surface area contributed by atoms with Crippen molar-refractivity contribution in [2.24, 2.45) is 5.41 Å². The van der Waals surface area contributed by atoms with Gasteiger partial charge in [0.1, 0.15) is 5.25 Å². The lowest BCUT2D eigenvalue weighted by molar-refractivity contribution is -0.142. The van der Waals surface area contributed by atoms with E-state index >= 15 is 0 Å². The topological polar surface area (TPSA) is 52.6 Å². The van der Waals surface area contributed by atoms with Crippen LogP contribution in [-0.2, 0) is 19.1 Å². The third-order valence-corrected chi connectivity index (χ3v) is 4.92. The van der Waals surface area contributed by atoms with Gasteiger partial charge in [-0.1, -0.05) is 6.92 Å². The monoisotopic (exact) mass is 274 g/mol. The molecule has 1 rings (SSSR count). The Bertz CT molecular complexity index is 299. The molecular formula is C13H22O4S. The highest BCUT2D eigenvalue weighted by Crippen LogP contribution is 2.51. The summed E-state index contributed by atoms with van der Waals surface area (Å²) in [6, 6.07) is 0. The van der Waals surface area contributed by atoms with Gasteiger partial charge in [0.25, 0.3) is 0 Å². The number of carbonyl (C=O) groups excluding carboxylic acids is 2. The molecule has 1 saturated carbocycles. The first kappa shape index (κ1) is 15.3. The summed E-state index contributed by atoms with van der Waals surface area (Å²) in [5.74, 6) is 0.538. The summed E-state index contributed by atoms with van der Waals surface area (Å²) in [7, 11) is 1.42. The van der Waals surface area contributed by atoms with E-state index < -0.39 is 0 Å². The molecular weight excluding hydrogens is 252 g/mol. The van der Waals surface area contributed by atoms with E-state index in [1.807, 2.05) is 13.8 Å². The molecule has 1 atom stereocenters. The number of methoxy groups -OCH3 is 1. The number of ether oxygens (including phenoxy) is 2. The van der Waals surface area contributed by atoms with E-state index in [0.29, 0.717) is 13.0 Å². The van der Waals surface area contributed by atoms with Gasteiger partial charge in [-0.3, -0.25) is 9.59 Å². The third kappa shape index (κ3) is 4.52. The predicted molar refractivity (Wildman–Crippen MR) is 71.5 cm³/mol. The van der Waals surface area contributed by atoms with Gasteiger partial charge in [0.15, 0.2) is 0 Å². The van der Waals surface area contributed by atoms with E-state index in [0.717, 1.165) is 25.0 Å². The van der Waals surface area contributed by atoms with Crippen LogP contribution in [0.25, 0.3) is 0 Å². The largest absolute Gasteiger partial charge is 0.469 e. The minimum atomic E-state index is -0.155. The summed E-state index contributed by atoms with van der Waals surface area (Å²) >= 11 is 1.61. The smallest absolute Gasteiger partial charge is 0.319 e. The molecule has 0 aromatic heterocycles. The highest BCUT2D eigenvalue weighted by atomic mass is 32.2.